The second kappa shape index (κ2) is 12.1. The maximum Gasteiger partial charge on any atom is 0.147 e. The van der Waals surface area contributed by atoms with Crippen molar-refractivity contribution in [1.82, 2.24) is 9.97 Å². The van der Waals surface area contributed by atoms with Crippen molar-refractivity contribution in [2.75, 3.05) is 17.3 Å². The molecule has 206 valence electrons. The van der Waals surface area contributed by atoms with E-state index in [0.717, 1.165) is 11.3 Å². The zero-order valence-corrected chi connectivity index (χ0v) is 22.8. The highest BCUT2D eigenvalue weighted by Gasteiger charge is 2.12. The van der Waals surface area contributed by atoms with Gasteiger partial charge in [-0.25, -0.2) is 22.8 Å². The number of rotatable bonds is 11. The number of nitrogens with zero attached hydrogens (tertiary/aromatic N) is 2. The highest BCUT2D eigenvalue weighted by molar-refractivity contribution is 7.90. The minimum Gasteiger partial charge on any atom is -0.487 e. The van der Waals surface area contributed by atoms with E-state index in [-0.39, 0.29) is 16.5 Å². The van der Waals surface area contributed by atoms with Crippen LogP contribution in [0.5, 0.6) is 5.75 Å². The second-order valence-electron chi connectivity index (χ2n) is 8.97. The molecule has 5 rings (SSSR count). The number of unbranched alkanes of at least 4 members (excludes halogenated alkanes) is 1. The van der Waals surface area contributed by atoms with Gasteiger partial charge in [-0.15, -0.1) is 0 Å². The summed E-state index contributed by atoms with van der Waals surface area (Å²) >= 11 is 6.41. The summed E-state index contributed by atoms with van der Waals surface area (Å²) in [6.07, 6.45) is 4.44. The summed E-state index contributed by atoms with van der Waals surface area (Å²) in [7, 11) is -3.01. The first-order chi connectivity index (χ1) is 21.6. The number of anilines is 2. The van der Waals surface area contributed by atoms with Gasteiger partial charge in [0.1, 0.15) is 51.6 Å². The molecule has 2 aromatic heterocycles. The largest absolute Gasteiger partial charge is 0.487 e. The van der Waals surface area contributed by atoms with Crippen molar-refractivity contribution in [3.8, 4) is 17.1 Å². The molecule has 0 aliphatic heterocycles. The third-order valence-corrected chi connectivity index (χ3v) is 7.15. The zero-order chi connectivity index (χ0) is 33.4. The van der Waals surface area contributed by atoms with E-state index in [2.05, 4.69) is 15.3 Å². The Balaban J connectivity index is 1.35. The van der Waals surface area contributed by atoms with Gasteiger partial charge < -0.3 is 14.5 Å². The van der Waals surface area contributed by atoms with Crippen LogP contribution in [0.25, 0.3) is 22.2 Å². The Morgan fingerprint density at radius 3 is 2.83 bits per heavy atom. The standard InChI is InChI=1S/C30H27ClFN3O4S/c1-40(36,37)14-3-2-7-24-10-13-28(39-24)21-8-11-27-25(16-21)30(34-19-33-27)35-23-9-12-29(26(31)17-23)38-18-20-5-4-6-22(32)15-20/h4-6,8-13,15-17,19H,2-3,7,14,18H2,1H3,(H,33,34,35)/i4D,5D,6D,15D,18D2. The summed E-state index contributed by atoms with van der Waals surface area (Å²) in [5.41, 5.74) is 1.04. The van der Waals surface area contributed by atoms with E-state index in [0.29, 0.717) is 47.4 Å². The molecule has 0 radical (unpaired) electrons. The van der Waals surface area contributed by atoms with Crippen molar-refractivity contribution < 1.29 is 30.2 Å². The van der Waals surface area contributed by atoms with E-state index < -0.39 is 51.9 Å². The van der Waals surface area contributed by atoms with Crippen LogP contribution in [0.1, 0.15) is 32.4 Å². The number of aryl methyl sites for hydroxylation is 1. The van der Waals surface area contributed by atoms with Crippen LogP contribution in [0.4, 0.5) is 15.9 Å². The van der Waals surface area contributed by atoms with Gasteiger partial charge in [0, 0.05) is 35.1 Å². The molecule has 0 fully saturated rings. The van der Waals surface area contributed by atoms with E-state index in [1.807, 2.05) is 30.3 Å². The molecule has 0 atom stereocenters. The number of hydrogen-bond acceptors (Lipinski definition) is 7. The van der Waals surface area contributed by atoms with Crippen LogP contribution in [0.2, 0.25) is 5.02 Å². The Labute approximate surface area is 245 Å². The number of ether oxygens (including phenoxy) is 1. The first-order valence-electron chi connectivity index (χ1n) is 15.2. The van der Waals surface area contributed by atoms with E-state index in [1.54, 1.807) is 0 Å². The average molecular weight is 586 g/mol. The molecular formula is C30H27ClFN3O4S. The van der Waals surface area contributed by atoms with Crippen LogP contribution in [0.15, 0.2) is 83.4 Å². The van der Waals surface area contributed by atoms with Gasteiger partial charge in [-0.05, 0) is 79.0 Å². The Bertz CT molecular complexity index is 2030. The molecule has 0 aliphatic rings. The lowest BCUT2D eigenvalue weighted by Gasteiger charge is -2.12. The van der Waals surface area contributed by atoms with Crippen LogP contribution < -0.4 is 10.1 Å². The maximum atomic E-state index is 14.3. The third kappa shape index (κ3) is 7.16. The van der Waals surface area contributed by atoms with Gasteiger partial charge in [-0.2, -0.15) is 0 Å². The predicted molar refractivity (Wildman–Crippen MR) is 155 cm³/mol. The number of sulfone groups is 1. The van der Waals surface area contributed by atoms with Crippen molar-refractivity contribution in [3.63, 3.8) is 0 Å². The fourth-order valence-corrected chi connectivity index (χ4v) is 4.86. The number of halogens is 2. The quantitative estimate of drug-likeness (QED) is 0.162. The summed E-state index contributed by atoms with van der Waals surface area (Å²) in [5, 5.41) is 3.78. The van der Waals surface area contributed by atoms with Gasteiger partial charge in [-0.1, -0.05) is 23.7 Å². The number of furan rings is 1. The molecular weight excluding hydrogens is 553 g/mol. The highest BCUT2D eigenvalue weighted by Crippen LogP contribution is 2.33. The monoisotopic (exact) mass is 585 g/mol. The second-order valence-corrected chi connectivity index (χ2v) is 11.6. The molecule has 0 aliphatic carbocycles. The molecule has 2 heterocycles. The number of hydrogen-bond donors (Lipinski definition) is 1. The van der Waals surface area contributed by atoms with Crippen LogP contribution in [0, 0.1) is 5.82 Å². The third-order valence-electron chi connectivity index (χ3n) is 5.82. The molecule has 40 heavy (non-hydrogen) atoms. The van der Waals surface area contributed by atoms with Crippen molar-refractivity contribution in [1.29, 1.82) is 0 Å². The summed E-state index contributed by atoms with van der Waals surface area (Å²) in [6.45, 7) is -2.92. The smallest absolute Gasteiger partial charge is 0.147 e. The molecule has 1 N–H and O–H groups in total. The Hall–Kier alpha value is -3.95. The van der Waals surface area contributed by atoms with Crippen molar-refractivity contribution >= 4 is 43.8 Å². The maximum absolute atomic E-state index is 14.3. The van der Waals surface area contributed by atoms with Gasteiger partial charge >= 0.3 is 0 Å². The number of aromatic nitrogens is 2. The topological polar surface area (TPSA) is 94.3 Å². The summed E-state index contributed by atoms with van der Waals surface area (Å²) in [5.74, 6) is 0.333. The minimum atomic E-state index is -3.01. The molecule has 7 nitrogen and oxygen atoms in total. The Morgan fingerprint density at radius 2 is 2.00 bits per heavy atom. The Morgan fingerprint density at radius 1 is 1.12 bits per heavy atom. The van der Waals surface area contributed by atoms with Crippen molar-refractivity contribution in [2.45, 2.75) is 25.8 Å². The molecule has 0 unspecified atom stereocenters. The fraction of sp³-hybridized carbons (Fsp3) is 0.200. The highest BCUT2D eigenvalue weighted by atomic mass is 35.5. The van der Waals surface area contributed by atoms with Crippen LogP contribution in [-0.4, -0.2) is 30.4 Å². The van der Waals surface area contributed by atoms with Crippen LogP contribution in [0.3, 0.4) is 0 Å². The molecule has 0 spiro atoms. The summed E-state index contributed by atoms with van der Waals surface area (Å²) in [6, 6.07) is 9.85. The zero-order valence-electron chi connectivity index (χ0n) is 27.2. The van der Waals surface area contributed by atoms with E-state index in [1.165, 1.54) is 30.8 Å². The van der Waals surface area contributed by atoms with E-state index in [4.69, 9.17) is 29.0 Å². The minimum absolute atomic E-state index is 0.0469. The lowest BCUT2D eigenvalue weighted by Crippen LogP contribution is -2.02. The van der Waals surface area contributed by atoms with Crippen molar-refractivity contribution in [3.05, 3.63) is 101 Å². The van der Waals surface area contributed by atoms with E-state index in [9.17, 15) is 12.8 Å². The lowest BCUT2D eigenvalue weighted by atomic mass is 10.1. The van der Waals surface area contributed by atoms with Gasteiger partial charge in [0.25, 0.3) is 0 Å². The molecule has 5 aromatic rings. The lowest BCUT2D eigenvalue weighted by molar-refractivity contribution is 0.306. The number of benzene rings is 3. The SMILES string of the molecule is [2H]c1c([2H])c(F)c([2H])c(C([2H])([2H])Oc2ccc(Nc3ncnc4ccc(-c5ccc(CCCCS(C)(=O)=O)o5)cc34)cc2Cl)c1[2H]. The first-order valence-corrected chi connectivity index (χ1v) is 14.6. The molecule has 10 heteroatoms. The van der Waals surface area contributed by atoms with Crippen LogP contribution >= 0.6 is 11.6 Å². The normalized spacial score (nSPS) is 14.1. The molecule has 0 saturated heterocycles. The first kappa shape index (κ1) is 20.9. The predicted octanol–water partition coefficient (Wildman–Crippen LogP) is 7.37. The summed E-state index contributed by atoms with van der Waals surface area (Å²) < 4.78 is 96.2. The van der Waals surface area contributed by atoms with Crippen LogP contribution in [-0.2, 0) is 22.8 Å². The van der Waals surface area contributed by atoms with Gasteiger partial charge in [0.2, 0.25) is 0 Å². The van der Waals surface area contributed by atoms with Gasteiger partial charge in [0.05, 0.1) is 18.8 Å². The molecule has 0 bridgehead atoms. The Kier molecular flexibility index (Phi) is 6.30. The number of fused-ring (bicyclic) bond motifs is 1. The van der Waals surface area contributed by atoms with E-state index >= 15 is 0 Å². The molecule has 0 saturated carbocycles. The average Bonchev–Trinajstić information content (AvgIpc) is 3.47. The molecule has 3 aromatic carbocycles. The summed E-state index contributed by atoms with van der Waals surface area (Å²) in [4.78, 5) is 8.68. The molecule has 0 amide bonds. The van der Waals surface area contributed by atoms with Gasteiger partial charge in [-0.3, -0.25) is 0 Å². The van der Waals surface area contributed by atoms with Crippen molar-refractivity contribution in [2.24, 2.45) is 0 Å². The van der Waals surface area contributed by atoms with Gasteiger partial charge in [0.15, 0.2) is 0 Å². The fourth-order valence-electron chi connectivity index (χ4n) is 3.92. The number of nitrogens with one attached hydrogen (secondary N) is 1.